The van der Waals surface area contributed by atoms with Gasteiger partial charge >= 0.3 is 0 Å². The molecule has 0 unspecified atom stereocenters. The van der Waals surface area contributed by atoms with Gasteiger partial charge in [-0.3, -0.25) is 4.79 Å². The van der Waals surface area contributed by atoms with Crippen molar-refractivity contribution in [3.63, 3.8) is 0 Å². The maximum atomic E-state index is 12.3. The van der Waals surface area contributed by atoms with Gasteiger partial charge in [0.15, 0.2) is 0 Å². The SMILES string of the molecule is O=C(Nc1ccc(Cl)cn1)C1CCN(c2ccc(Br)cn2)CC1. The number of amides is 1. The smallest absolute Gasteiger partial charge is 0.228 e. The number of pyridine rings is 2. The van der Waals surface area contributed by atoms with Crippen LogP contribution < -0.4 is 10.2 Å². The topological polar surface area (TPSA) is 58.1 Å². The molecule has 1 amide bonds. The van der Waals surface area contributed by atoms with E-state index in [1.165, 1.54) is 6.20 Å². The van der Waals surface area contributed by atoms with Gasteiger partial charge in [0.1, 0.15) is 11.6 Å². The lowest BCUT2D eigenvalue weighted by molar-refractivity contribution is -0.120. The van der Waals surface area contributed by atoms with E-state index in [2.05, 4.69) is 36.1 Å². The van der Waals surface area contributed by atoms with Crippen LogP contribution in [-0.4, -0.2) is 29.0 Å². The Balaban J connectivity index is 1.54. The molecule has 3 heterocycles. The average molecular weight is 396 g/mol. The number of aromatic nitrogens is 2. The number of carbonyl (C=O) groups is 1. The van der Waals surface area contributed by atoms with Crippen LogP contribution >= 0.6 is 27.5 Å². The van der Waals surface area contributed by atoms with Gasteiger partial charge in [-0.15, -0.1) is 0 Å². The minimum absolute atomic E-state index is 0.000763. The Labute approximate surface area is 148 Å². The summed E-state index contributed by atoms with van der Waals surface area (Å²) in [6.45, 7) is 1.64. The molecule has 1 fully saturated rings. The summed E-state index contributed by atoms with van der Waals surface area (Å²) in [7, 11) is 0. The van der Waals surface area contributed by atoms with E-state index in [9.17, 15) is 4.79 Å². The van der Waals surface area contributed by atoms with Crippen LogP contribution in [0.4, 0.5) is 11.6 Å². The Hall–Kier alpha value is -1.66. The minimum Gasteiger partial charge on any atom is -0.357 e. The van der Waals surface area contributed by atoms with Crippen LogP contribution in [0, 0.1) is 5.92 Å². The number of nitrogens with one attached hydrogen (secondary N) is 1. The molecule has 2 aromatic heterocycles. The van der Waals surface area contributed by atoms with Crippen LogP contribution in [0.1, 0.15) is 12.8 Å². The summed E-state index contributed by atoms with van der Waals surface area (Å²) >= 11 is 9.18. The van der Waals surface area contributed by atoms with Gasteiger partial charge in [0.2, 0.25) is 5.91 Å². The average Bonchev–Trinajstić information content (AvgIpc) is 2.58. The summed E-state index contributed by atoms with van der Waals surface area (Å²) < 4.78 is 0.964. The van der Waals surface area contributed by atoms with Gasteiger partial charge in [0, 0.05) is 35.9 Å². The molecule has 1 aliphatic heterocycles. The Morgan fingerprint density at radius 3 is 2.57 bits per heavy atom. The Morgan fingerprint density at radius 2 is 1.96 bits per heavy atom. The minimum atomic E-state index is -0.000763. The largest absolute Gasteiger partial charge is 0.357 e. The molecule has 7 heteroatoms. The molecule has 0 bridgehead atoms. The van der Waals surface area contributed by atoms with Gasteiger partial charge in [-0.05, 0) is 53.0 Å². The van der Waals surface area contributed by atoms with Gasteiger partial charge in [-0.25, -0.2) is 9.97 Å². The third-order valence-electron chi connectivity index (χ3n) is 3.88. The highest BCUT2D eigenvalue weighted by molar-refractivity contribution is 9.10. The molecule has 0 saturated carbocycles. The molecule has 5 nitrogen and oxygen atoms in total. The lowest BCUT2D eigenvalue weighted by Gasteiger charge is -2.32. The van der Waals surface area contributed by atoms with E-state index in [0.29, 0.717) is 10.8 Å². The molecule has 3 rings (SSSR count). The molecular weight excluding hydrogens is 380 g/mol. The fraction of sp³-hybridized carbons (Fsp3) is 0.312. The molecule has 0 aliphatic carbocycles. The van der Waals surface area contributed by atoms with Gasteiger partial charge < -0.3 is 10.2 Å². The standard InChI is InChI=1S/C16H16BrClN4O/c17-12-1-4-15(20-9-12)22-7-5-11(6-8-22)16(23)21-14-3-2-13(18)10-19-14/h1-4,9-11H,5-8H2,(H,19,21,23). The second-order valence-electron chi connectivity index (χ2n) is 5.45. The van der Waals surface area contributed by atoms with Gasteiger partial charge in [0.05, 0.1) is 5.02 Å². The van der Waals surface area contributed by atoms with Crippen LogP contribution in [0.5, 0.6) is 0 Å². The highest BCUT2D eigenvalue weighted by atomic mass is 79.9. The number of halogens is 2. The van der Waals surface area contributed by atoms with Gasteiger partial charge in [0.25, 0.3) is 0 Å². The van der Waals surface area contributed by atoms with Gasteiger partial charge in [-0.1, -0.05) is 11.6 Å². The molecule has 120 valence electrons. The van der Waals surface area contributed by atoms with E-state index in [-0.39, 0.29) is 11.8 Å². The van der Waals surface area contributed by atoms with Crippen molar-refractivity contribution in [1.29, 1.82) is 0 Å². The molecule has 1 N–H and O–H groups in total. The summed E-state index contributed by atoms with van der Waals surface area (Å²) in [4.78, 5) is 23.0. The molecule has 23 heavy (non-hydrogen) atoms. The van der Waals surface area contributed by atoms with Crippen molar-refractivity contribution in [2.24, 2.45) is 5.92 Å². The fourth-order valence-electron chi connectivity index (χ4n) is 2.60. The third kappa shape index (κ3) is 4.20. The molecule has 0 radical (unpaired) electrons. The van der Waals surface area contributed by atoms with E-state index < -0.39 is 0 Å². The van der Waals surface area contributed by atoms with E-state index in [1.54, 1.807) is 18.3 Å². The first-order valence-corrected chi connectivity index (χ1v) is 8.58. The van der Waals surface area contributed by atoms with Crippen LogP contribution in [0.25, 0.3) is 0 Å². The lowest BCUT2D eigenvalue weighted by atomic mass is 9.96. The molecule has 2 aromatic rings. The predicted octanol–water partition coefficient (Wildman–Crippen LogP) is 3.75. The highest BCUT2D eigenvalue weighted by Crippen LogP contribution is 2.23. The van der Waals surface area contributed by atoms with E-state index in [4.69, 9.17) is 11.6 Å². The molecule has 1 aliphatic rings. The van der Waals surface area contributed by atoms with Crippen LogP contribution in [-0.2, 0) is 4.79 Å². The Bertz CT molecular complexity index is 669. The second kappa shape index (κ2) is 7.27. The van der Waals surface area contributed by atoms with Crippen LogP contribution in [0.3, 0.4) is 0 Å². The van der Waals surface area contributed by atoms with Crippen molar-refractivity contribution in [2.75, 3.05) is 23.3 Å². The van der Waals surface area contributed by atoms with Gasteiger partial charge in [-0.2, -0.15) is 0 Å². The zero-order valence-corrected chi connectivity index (χ0v) is 14.7. The molecular formula is C16H16BrClN4O. The van der Waals surface area contributed by atoms with E-state index in [1.807, 2.05) is 12.1 Å². The van der Waals surface area contributed by atoms with Crippen molar-refractivity contribution in [2.45, 2.75) is 12.8 Å². The lowest BCUT2D eigenvalue weighted by Crippen LogP contribution is -2.38. The second-order valence-corrected chi connectivity index (χ2v) is 6.80. The first-order chi connectivity index (χ1) is 11.1. The number of piperidine rings is 1. The van der Waals surface area contributed by atoms with Crippen molar-refractivity contribution in [1.82, 2.24) is 9.97 Å². The Kier molecular flexibility index (Phi) is 5.13. The quantitative estimate of drug-likeness (QED) is 0.860. The third-order valence-corrected chi connectivity index (χ3v) is 4.57. The molecule has 0 aromatic carbocycles. The fourth-order valence-corrected chi connectivity index (χ4v) is 2.95. The summed E-state index contributed by atoms with van der Waals surface area (Å²) in [5.41, 5.74) is 0. The summed E-state index contributed by atoms with van der Waals surface area (Å²) in [6.07, 6.45) is 4.92. The Morgan fingerprint density at radius 1 is 1.17 bits per heavy atom. The van der Waals surface area contributed by atoms with Crippen LogP contribution in [0.15, 0.2) is 41.1 Å². The van der Waals surface area contributed by atoms with E-state index >= 15 is 0 Å². The van der Waals surface area contributed by atoms with Crippen molar-refractivity contribution in [3.05, 3.63) is 46.2 Å². The zero-order valence-electron chi connectivity index (χ0n) is 12.4. The summed E-state index contributed by atoms with van der Waals surface area (Å²) in [5.74, 6) is 1.50. The molecule has 0 spiro atoms. The number of rotatable bonds is 3. The van der Waals surface area contributed by atoms with Crippen molar-refractivity contribution < 1.29 is 4.79 Å². The monoisotopic (exact) mass is 394 g/mol. The van der Waals surface area contributed by atoms with Crippen LogP contribution in [0.2, 0.25) is 5.02 Å². The maximum absolute atomic E-state index is 12.3. The van der Waals surface area contributed by atoms with Crippen molar-refractivity contribution in [3.8, 4) is 0 Å². The number of hydrogen-bond acceptors (Lipinski definition) is 4. The first-order valence-electron chi connectivity index (χ1n) is 7.41. The highest BCUT2D eigenvalue weighted by Gasteiger charge is 2.25. The normalized spacial score (nSPS) is 15.5. The number of hydrogen-bond donors (Lipinski definition) is 1. The zero-order chi connectivity index (χ0) is 16.2. The molecule has 1 saturated heterocycles. The van der Waals surface area contributed by atoms with E-state index in [0.717, 1.165) is 36.2 Å². The number of carbonyl (C=O) groups excluding carboxylic acids is 1. The van der Waals surface area contributed by atoms with Crippen molar-refractivity contribution >= 4 is 45.1 Å². The molecule has 0 atom stereocenters. The number of anilines is 2. The number of nitrogens with zero attached hydrogens (tertiary/aromatic N) is 3. The first kappa shape index (κ1) is 16.2. The summed E-state index contributed by atoms with van der Waals surface area (Å²) in [6, 6.07) is 7.39. The predicted molar refractivity (Wildman–Crippen MR) is 94.8 cm³/mol. The maximum Gasteiger partial charge on any atom is 0.228 e. The summed E-state index contributed by atoms with van der Waals surface area (Å²) in [5, 5.41) is 3.41.